The van der Waals surface area contributed by atoms with Gasteiger partial charge in [-0.3, -0.25) is 0 Å². The zero-order chi connectivity index (χ0) is 28.8. The highest BCUT2D eigenvalue weighted by Gasteiger charge is 2.08. The van der Waals surface area contributed by atoms with Crippen LogP contribution in [0, 0.1) is 0 Å². The molecule has 0 heterocycles. The topological polar surface area (TPSA) is 46.0 Å². The number of benzene rings is 2. The lowest BCUT2D eigenvalue weighted by Crippen LogP contribution is -2.14. The second-order valence-electron chi connectivity index (χ2n) is 9.81. The van der Waals surface area contributed by atoms with Crippen LogP contribution in [-0.4, -0.2) is 13.7 Å². The summed E-state index contributed by atoms with van der Waals surface area (Å²) < 4.78 is 5.85. The monoisotopic (exact) mass is 539 g/mol. The lowest BCUT2D eigenvalue weighted by atomic mass is 9.97. The van der Waals surface area contributed by atoms with Gasteiger partial charge in [0.15, 0.2) is 0 Å². The molecule has 40 heavy (non-hydrogen) atoms. The molecule has 0 radical (unpaired) electrons. The Labute approximate surface area is 243 Å². The Balaban J connectivity index is 0.000000598. The largest absolute Gasteiger partial charge is 0.494 e. The minimum atomic E-state index is 0.662. The molecule has 214 valence electrons. The Morgan fingerprint density at radius 3 is 2.38 bits per heavy atom. The van der Waals surface area contributed by atoms with Crippen LogP contribution in [0.25, 0.3) is 6.08 Å². The van der Waals surface area contributed by atoms with Gasteiger partial charge in [-0.05, 0) is 86.8 Å². The maximum absolute atomic E-state index is 5.85. The van der Waals surface area contributed by atoms with Gasteiger partial charge in [0.1, 0.15) is 5.75 Å². The first-order chi connectivity index (χ1) is 19.6. The molecule has 0 saturated carbocycles. The average Bonchev–Trinajstić information content (AvgIpc) is 3.00. The van der Waals surface area contributed by atoms with Crippen molar-refractivity contribution in [3.63, 3.8) is 0 Å². The van der Waals surface area contributed by atoms with E-state index >= 15 is 0 Å². The first kappa shape index (κ1) is 32.6. The van der Waals surface area contributed by atoms with E-state index in [2.05, 4.69) is 90.6 Å². The molecule has 2 aromatic carbocycles. The van der Waals surface area contributed by atoms with Gasteiger partial charge in [0.05, 0.1) is 12.3 Å². The summed E-state index contributed by atoms with van der Waals surface area (Å²) in [7, 11) is 1.69. The fraction of sp³-hybridized carbons (Fsp3) is 0.389. The number of nitrogens with zero attached hydrogens (tertiary/aromatic N) is 2. The van der Waals surface area contributed by atoms with Gasteiger partial charge >= 0.3 is 0 Å². The van der Waals surface area contributed by atoms with Gasteiger partial charge in [0.25, 0.3) is 0 Å². The molecule has 1 aliphatic rings. The van der Waals surface area contributed by atoms with Crippen LogP contribution in [0.1, 0.15) is 83.3 Å². The maximum Gasteiger partial charge on any atom is 0.119 e. The summed E-state index contributed by atoms with van der Waals surface area (Å²) in [6.07, 6.45) is 20.9. The second-order valence-corrected chi connectivity index (χ2v) is 9.81. The zero-order valence-corrected chi connectivity index (χ0v) is 25.2. The van der Waals surface area contributed by atoms with Crippen molar-refractivity contribution in [1.82, 2.24) is 5.32 Å². The highest BCUT2D eigenvalue weighted by atomic mass is 16.5. The van der Waals surface area contributed by atoms with Gasteiger partial charge < -0.3 is 10.1 Å². The minimum Gasteiger partial charge on any atom is -0.494 e. The normalized spacial score (nSPS) is 13.4. The van der Waals surface area contributed by atoms with Crippen LogP contribution < -0.4 is 10.1 Å². The molecule has 2 aromatic rings. The molecule has 1 N–H and O–H groups in total. The van der Waals surface area contributed by atoms with Crippen molar-refractivity contribution in [3.05, 3.63) is 119 Å². The van der Waals surface area contributed by atoms with Crippen molar-refractivity contribution in [1.29, 1.82) is 0 Å². The Morgan fingerprint density at radius 1 is 0.975 bits per heavy atom. The van der Waals surface area contributed by atoms with Crippen LogP contribution >= 0.6 is 0 Å². The number of rotatable bonds is 15. The summed E-state index contributed by atoms with van der Waals surface area (Å²) in [5, 5.41) is 11.4. The van der Waals surface area contributed by atoms with E-state index in [1.54, 1.807) is 7.05 Å². The van der Waals surface area contributed by atoms with Crippen molar-refractivity contribution in [3.8, 4) is 5.75 Å². The molecule has 0 saturated heterocycles. The quantitative estimate of drug-likeness (QED) is 0.139. The molecule has 0 amide bonds. The van der Waals surface area contributed by atoms with E-state index in [-0.39, 0.29) is 0 Å². The van der Waals surface area contributed by atoms with Gasteiger partial charge in [0, 0.05) is 18.4 Å². The molecule has 0 fully saturated rings. The van der Waals surface area contributed by atoms with E-state index in [1.165, 1.54) is 36.1 Å². The fourth-order valence-electron chi connectivity index (χ4n) is 4.28. The predicted molar refractivity (Wildman–Crippen MR) is 172 cm³/mol. The molecular weight excluding hydrogens is 490 g/mol. The number of hydrogen-bond donors (Lipinski definition) is 1. The van der Waals surface area contributed by atoms with Crippen LogP contribution in [-0.2, 0) is 6.42 Å². The lowest BCUT2D eigenvalue weighted by Gasteiger charge is -2.18. The van der Waals surface area contributed by atoms with E-state index in [0.717, 1.165) is 61.2 Å². The summed E-state index contributed by atoms with van der Waals surface area (Å²) in [4.78, 5) is 0. The smallest absolute Gasteiger partial charge is 0.119 e. The van der Waals surface area contributed by atoms with Crippen molar-refractivity contribution >= 4 is 6.08 Å². The Kier molecular flexibility index (Phi) is 16.5. The molecule has 0 spiro atoms. The van der Waals surface area contributed by atoms with Gasteiger partial charge in [-0.2, -0.15) is 10.2 Å². The number of aryl methyl sites for hydroxylation is 1. The first-order valence-corrected chi connectivity index (χ1v) is 14.8. The molecule has 0 atom stereocenters. The van der Waals surface area contributed by atoms with Crippen LogP contribution in [0.2, 0.25) is 0 Å². The summed E-state index contributed by atoms with van der Waals surface area (Å²) in [6, 6.07) is 18.6. The van der Waals surface area contributed by atoms with E-state index in [9.17, 15) is 0 Å². The van der Waals surface area contributed by atoms with Gasteiger partial charge in [-0.1, -0.05) is 100 Å². The van der Waals surface area contributed by atoms with E-state index < -0.39 is 0 Å². The molecule has 4 nitrogen and oxygen atoms in total. The Hall–Kier alpha value is -3.66. The van der Waals surface area contributed by atoms with Gasteiger partial charge in [-0.15, -0.1) is 0 Å². The molecule has 0 aromatic heterocycles. The predicted octanol–water partition coefficient (Wildman–Crippen LogP) is 10.4. The summed E-state index contributed by atoms with van der Waals surface area (Å²) in [5.74, 6) is 0.882. The third kappa shape index (κ3) is 13.4. The van der Waals surface area contributed by atoms with Gasteiger partial charge in [-0.25, -0.2) is 0 Å². The van der Waals surface area contributed by atoms with E-state index in [0.29, 0.717) is 6.61 Å². The first-order valence-electron chi connectivity index (χ1n) is 14.8. The SMILES string of the molecule is C=C(/C=C/c1ccc(OCCC/C(=C/C)N=NC)cc1)NC1=CCCC=C1CCCCC.CCc1ccccc1. The van der Waals surface area contributed by atoms with Crippen molar-refractivity contribution in [2.45, 2.75) is 78.6 Å². The Morgan fingerprint density at radius 2 is 1.73 bits per heavy atom. The standard InChI is InChI=1S/C28H39N3O.C8H10/c1-5-7-8-12-25-13-9-10-15-28(25)30-23(3)16-17-24-18-20-27(21-19-24)32-22-11-14-26(6-2)31-29-4;1-2-8-6-4-3-5-7-8/h6,13,15-21,30H,3,5,7-12,14,22H2,1-2,4H3;3-7H,2H2,1H3/b17-16+,26-6-,31-29?;. The summed E-state index contributed by atoms with van der Waals surface area (Å²) in [6.45, 7) is 11.2. The Bertz CT molecular complexity index is 1140. The molecule has 0 unspecified atom stereocenters. The van der Waals surface area contributed by atoms with Crippen molar-refractivity contribution < 1.29 is 4.74 Å². The van der Waals surface area contributed by atoms with E-state index in [4.69, 9.17) is 4.74 Å². The third-order valence-electron chi connectivity index (χ3n) is 6.61. The third-order valence-corrected chi connectivity index (χ3v) is 6.61. The maximum atomic E-state index is 5.85. The molecule has 4 heteroatoms. The van der Waals surface area contributed by atoms with E-state index in [1.807, 2.05) is 37.3 Å². The average molecular weight is 540 g/mol. The second kappa shape index (κ2) is 20.3. The zero-order valence-electron chi connectivity index (χ0n) is 25.2. The minimum absolute atomic E-state index is 0.662. The highest BCUT2D eigenvalue weighted by Crippen LogP contribution is 2.23. The summed E-state index contributed by atoms with van der Waals surface area (Å²) in [5.41, 5.74) is 7.10. The number of ether oxygens (including phenoxy) is 1. The number of hydrogen-bond acceptors (Lipinski definition) is 4. The number of nitrogens with one attached hydrogen (secondary N) is 1. The van der Waals surface area contributed by atoms with Crippen LogP contribution in [0.3, 0.4) is 0 Å². The van der Waals surface area contributed by atoms with Crippen molar-refractivity contribution in [2.24, 2.45) is 10.2 Å². The van der Waals surface area contributed by atoms with Crippen molar-refractivity contribution in [2.75, 3.05) is 13.7 Å². The highest BCUT2D eigenvalue weighted by molar-refractivity contribution is 5.54. The van der Waals surface area contributed by atoms with Crippen LogP contribution in [0.15, 0.2) is 118 Å². The molecule has 0 aliphatic heterocycles. The molecular formula is C36H49N3O. The molecule has 3 rings (SSSR count). The number of allylic oxidation sites excluding steroid dienone is 6. The summed E-state index contributed by atoms with van der Waals surface area (Å²) >= 11 is 0. The fourth-order valence-corrected chi connectivity index (χ4v) is 4.28. The lowest BCUT2D eigenvalue weighted by molar-refractivity contribution is 0.310. The van der Waals surface area contributed by atoms with Crippen LogP contribution in [0.4, 0.5) is 0 Å². The number of unbranched alkanes of at least 4 members (excludes halogenated alkanes) is 2. The molecule has 1 aliphatic carbocycles. The van der Waals surface area contributed by atoms with Gasteiger partial charge in [0.2, 0.25) is 0 Å². The molecule has 0 bridgehead atoms. The number of azo groups is 1. The van der Waals surface area contributed by atoms with Crippen LogP contribution in [0.5, 0.6) is 5.75 Å².